The van der Waals surface area contributed by atoms with Gasteiger partial charge in [-0.1, -0.05) is 30.3 Å². The molecular weight excluding hydrogens is 317 g/mol. The molecule has 0 bridgehead atoms. The SMILES string of the molecule is Cc1ccccc1CC(CN)Cc1ccc(F)c(Br)c1. The van der Waals surface area contributed by atoms with Crippen LogP contribution in [0.3, 0.4) is 0 Å². The Balaban J connectivity index is 2.09. The molecule has 1 atom stereocenters. The van der Waals surface area contributed by atoms with Gasteiger partial charge < -0.3 is 5.73 Å². The van der Waals surface area contributed by atoms with Gasteiger partial charge in [-0.15, -0.1) is 0 Å². The number of hydrogen-bond acceptors (Lipinski definition) is 1. The molecule has 1 nitrogen and oxygen atoms in total. The largest absolute Gasteiger partial charge is 0.330 e. The molecule has 0 fully saturated rings. The Morgan fingerprint density at radius 2 is 1.90 bits per heavy atom. The lowest BCUT2D eigenvalue weighted by atomic mass is 9.91. The van der Waals surface area contributed by atoms with Gasteiger partial charge >= 0.3 is 0 Å². The van der Waals surface area contributed by atoms with Crippen molar-refractivity contribution in [3.8, 4) is 0 Å². The molecule has 0 aromatic heterocycles. The molecule has 0 amide bonds. The Morgan fingerprint density at radius 3 is 2.55 bits per heavy atom. The highest BCUT2D eigenvalue weighted by Crippen LogP contribution is 2.21. The van der Waals surface area contributed by atoms with Crippen molar-refractivity contribution in [2.24, 2.45) is 11.7 Å². The Bertz CT molecular complexity index is 583. The number of aryl methyl sites for hydroxylation is 1. The van der Waals surface area contributed by atoms with Crippen LogP contribution in [0.25, 0.3) is 0 Å². The molecule has 2 rings (SSSR count). The van der Waals surface area contributed by atoms with Gasteiger partial charge in [0.15, 0.2) is 0 Å². The van der Waals surface area contributed by atoms with Crippen LogP contribution in [-0.2, 0) is 12.8 Å². The van der Waals surface area contributed by atoms with Crippen molar-refractivity contribution in [2.75, 3.05) is 6.54 Å². The number of halogens is 2. The Morgan fingerprint density at radius 1 is 1.15 bits per heavy atom. The molecule has 0 aliphatic heterocycles. The van der Waals surface area contributed by atoms with Crippen LogP contribution in [0.5, 0.6) is 0 Å². The normalized spacial score (nSPS) is 12.4. The van der Waals surface area contributed by atoms with E-state index in [4.69, 9.17) is 5.73 Å². The highest BCUT2D eigenvalue weighted by Gasteiger charge is 2.11. The maximum Gasteiger partial charge on any atom is 0.137 e. The number of rotatable bonds is 5. The molecule has 0 heterocycles. The van der Waals surface area contributed by atoms with E-state index in [-0.39, 0.29) is 5.82 Å². The van der Waals surface area contributed by atoms with Crippen molar-refractivity contribution in [2.45, 2.75) is 19.8 Å². The first-order chi connectivity index (χ1) is 9.60. The molecule has 0 aliphatic carbocycles. The van der Waals surface area contributed by atoms with Crippen LogP contribution in [0.15, 0.2) is 46.9 Å². The molecule has 0 spiro atoms. The highest BCUT2D eigenvalue weighted by atomic mass is 79.9. The van der Waals surface area contributed by atoms with Gasteiger partial charge in [0.2, 0.25) is 0 Å². The standard InChI is InChI=1S/C17H19BrFN/c1-12-4-2-3-5-15(12)9-14(11-20)8-13-6-7-17(19)16(18)10-13/h2-7,10,14H,8-9,11,20H2,1H3. The molecule has 106 valence electrons. The van der Waals surface area contributed by atoms with E-state index in [0.29, 0.717) is 16.9 Å². The number of benzene rings is 2. The summed E-state index contributed by atoms with van der Waals surface area (Å²) in [7, 11) is 0. The van der Waals surface area contributed by atoms with Crippen LogP contribution in [0.1, 0.15) is 16.7 Å². The maximum atomic E-state index is 13.2. The van der Waals surface area contributed by atoms with E-state index in [1.54, 1.807) is 0 Å². The molecule has 2 aromatic carbocycles. The summed E-state index contributed by atoms with van der Waals surface area (Å²) < 4.78 is 13.8. The van der Waals surface area contributed by atoms with Crippen molar-refractivity contribution in [3.05, 3.63) is 69.4 Å². The van der Waals surface area contributed by atoms with E-state index >= 15 is 0 Å². The van der Waals surface area contributed by atoms with Crippen LogP contribution in [0.4, 0.5) is 4.39 Å². The Hall–Kier alpha value is -1.19. The highest BCUT2D eigenvalue weighted by molar-refractivity contribution is 9.10. The lowest BCUT2D eigenvalue weighted by Crippen LogP contribution is -2.19. The predicted molar refractivity (Wildman–Crippen MR) is 85.2 cm³/mol. The maximum absolute atomic E-state index is 13.2. The zero-order valence-electron chi connectivity index (χ0n) is 11.6. The molecule has 3 heteroatoms. The van der Waals surface area contributed by atoms with Gasteiger partial charge in [-0.3, -0.25) is 0 Å². The number of hydrogen-bond donors (Lipinski definition) is 1. The number of nitrogens with two attached hydrogens (primary N) is 1. The molecule has 0 saturated heterocycles. The van der Waals surface area contributed by atoms with E-state index in [9.17, 15) is 4.39 Å². The van der Waals surface area contributed by atoms with E-state index < -0.39 is 0 Å². The lowest BCUT2D eigenvalue weighted by molar-refractivity contribution is 0.531. The van der Waals surface area contributed by atoms with E-state index in [2.05, 4.69) is 41.1 Å². The zero-order chi connectivity index (χ0) is 14.5. The summed E-state index contributed by atoms with van der Waals surface area (Å²) in [6.07, 6.45) is 1.82. The first-order valence-corrected chi connectivity index (χ1v) is 7.58. The van der Waals surface area contributed by atoms with E-state index in [1.807, 2.05) is 18.2 Å². The van der Waals surface area contributed by atoms with E-state index in [0.717, 1.165) is 18.4 Å². The third kappa shape index (κ3) is 3.90. The minimum absolute atomic E-state index is 0.225. The fraction of sp³-hybridized carbons (Fsp3) is 0.294. The van der Waals surface area contributed by atoms with Gasteiger partial charge in [-0.2, -0.15) is 0 Å². The van der Waals surface area contributed by atoms with Crippen LogP contribution >= 0.6 is 15.9 Å². The summed E-state index contributed by atoms with van der Waals surface area (Å²) in [6.45, 7) is 2.75. The molecule has 0 aliphatic rings. The van der Waals surface area contributed by atoms with Crippen LogP contribution in [-0.4, -0.2) is 6.54 Å². The molecule has 2 N–H and O–H groups in total. The second-order valence-corrected chi connectivity index (χ2v) is 6.04. The fourth-order valence-corrected chi connectivity index (χ4v) is 2.82. The zero-order valence-corrected chi connectivity index (χ0v) is 13.2. The molecular formula is C17H19BrFN. The first-order valence-electron chi connectivity index (χ1n) is 6.78. The van der Waals surface area contributed by atoms with Gasteiger partial charge in [0.25, 0.3) is 0 Å². The summed E-state index contributed by atoms with van der Waals surface area (Å²) in [5.41, 5.74) is 9.65. The molecule has 2 aromatic rings. The molecule has 0 radical (unpaired) electrons. The van der Waals surface area contributed by atoms with E-state index in [1.165, 1.54) is 17.2 Å². The van der Waals surface area contributed by atoms with Gasteiger partial charge in [-0.05, 0) is 77.0 Å². The third-order valence-electron chi connectivity index (χ3n) is 3.61. The van der Waals surface area contributed by atoms with Crippen LogP contribution in [0, 0.1) is 18.7 Å². The molecule has 20 heavy (non-hydrogen) atoms. The van der Waals surface area contributed by atoms with Crippen molar-refractivity contribution in [1.82, 2.24) is 0 Å². The molecule has 0 saturated carbocycles. The summed E-state index contributed by atoms with van der Waals surface area (Å²) in [5, 5.41) is 0. The summed E-state index contributed by atoms with van der Waals surface area (Å²) in [4.78, 5) is 0. The molecule has 1 unspecified atom stereocenters. The average molecular weight is 336 g/mol. The van der Waals surface area contributed by atoms with Crippen molar-refractivity contribution in [1.29, 1.82) is 0 Å². The smallest absolute Gasteiger partial charge is 0.137 e. The second-order valence-electron chi connectivity index (χ2n) is 5.18. The van der Waals surface area contributed by atoms with Gasteiger partial charge in [0, 0.05) is 0 Å². The Labute approximate surface area is 128 Å². The lowest BCUT2D eigenvalue weighted by Gasteiger charge is -2.16. The topological polar surface area (TPSA) is 26.0 Å². The predicted octanol–water partition coefficient (Wildman–Crippen LogP) is 4.26. The monoisotopic (exact) mass is 335 g/mol. The van der Waals surface area contributed by atoms with Crippen LogP contribution < -0.4 is 5.73 Å². The minimum Gasteiger partial charge on any atom is -0.330 e. The summed E-state index contributed by atoms with van der Waals surface area (Å²) in [6, 6.07) is 13.6. The summed E-state index contributed by atoms with van der Waals surface area (Å²) in [5.74, 6) is 0.144. The van der Waals surface area contributed by atoms with Gasteiger partial charge in [0.1, 0.15) is 5.82 Å². The third-order valence-corrected chi connectivity index (χ3v) is 4.22. The van der Waals surface area contributed by atoms with Crippen molar-refractivity contribution >= 4 is 15.9 Å². The Kier molecular flexibility index (Phi) is 5.32. The van der Waals surface area contributed by atoms with Crippen molar-refractivity contribution < 1.29 is 4.39 Å². The quantitative estimate of drug-likeness (QED) is 0.868. The second kappa shape index (κ2) is 7.00. The van der Waals surface area contributed by atoms with Gasteiger partial charge in [-0.25, -0.2) is 4.39 Å². The average Bonchev–Trinajstić information content (AvgIpc) is 2.44. The first kappa shape index (κ1) is 15.2. The van der Waals surface area contributed by atoms with Gasteiger partial charge in [0.05, 0.1) is 4.47 Å². The van der Waals surface area contributed by atoms with Crippen molar-refractivity contribution in [3.63, 3.8) is 0 Å². The summed E-state index contributed by atoms with van der Waals surface area (Å²) >= 11 is 3.23. The fourth-order valence-electron chi connectivity index (χ4n) is 2.39. The van der Waals surface area contributed by atoms with Crippen LogP contribution in [0.2, 0.25) is 0 Å². The minimum atomic E-state index is -0.225.